The third kappa shape index (κ3) is 4.59. The second kappa shape index (κ2) is 10.2. The first kappa shape index (κ1) is 25.4. The number of halogens is 3. The number of piperidine rings is 1. The van der Waals surface area contributed by atoms with Crippen molar-refractivity contribution in [1.29, 1.82) is 0 Å². The molecule has 11 heteroatoms. The van der Waals surface area contributed by atoms with E-state index in [1.165, 1.54) is 13.1 Å². The van der Waals surface area contributed by atoms with E-state index < -0.39 is 34.7 Å². The minimum Gasteiger partial charge on any atom is -0.488 e. The van der Waals surface area contributed by atoms with Gasteiger partial charge in [0, 0.05) is 30.2 Å². The summed E-state index contributed by atoms with van der Waals surface area (Å²) < 4.78 is 54.7. The highest BCUT2D eigenvalue weighted by Crippen LogP contribution is 2.30. The molecule has 4 aromatic rings. The molecule has 2 aromatic carbocycles. The number of amides is 2. The fourth-order valence-electron chi connectivity index (χ4n) is 4.67. The third-order valence-electron chi connectivity index (χ3n) is 6.67. The van der Waals surface area contributed by atoms with E-state index in [4.69, 9.17) is 9.15 Å². The topological polar surface area (TPSA) is 89.6 Å². The van der Waals surface area contributed by atoms with Crippen molar-refractivity contribution in [3.05, 3.63) is 77.1 Å². The highest BCUT2D eigenvalue weighted by atomic mass is 19.2. The Hall–Kier alpha value is -4.28. The van der Waals surface area contributed by atoms with Gasteiger partial charge >= 0.3 is 0 Å². The number of anilines is 1. The molecule has 0 spiro atoms. The van der Waals surface area contributed by atoms with E-state index in [-0.39, 0.29) is 24.2 Å². The van der Waals surface area contributed by atoms with Gasteiger partial charge in [-0.2, -0.15) is 9.49 Å². The Labute approximate surface area is 216 Å². The maximum absolute atomic E-state index is 14.6. The Morgan fingerprint density at radius 2 is 1.89 bits per heavy atom. The van der Waals surface area contributed by atoms with Crippen LogP contribution in [0, 0.1) is 24.4 Å². The van der Waals surface area contributed by atoms with Gasteiger partial charge in [0.25, 0.3) is 11.8 Å². The van der Waals surface area contributed by atoms with Crippen molar-refractivity contribution in [1.82, 2.24) is 14.7 Å². The number of nitrogens with zero attached hydrogens (tertiary/aromatic N) is 3. The van der Waals surface area contributed by atoms with Gasteiger partial charge in [0.05, 0.1) is 30.1 Å². The predicted octanol–water partition coefficient (Wildman–Crippen LogP) is 5.48. The number of likely N-dealkylation sites (tertiary alicyclic amines) is 1. The van der Waals surface area contributed by atoms with E-state index in [9.17, 15) is 22.8 Å². The molecule has 8 nitrogen and oxygen atoms in total. The number of benzene rings is 2. The molecule has 1 saturated heterocycles. The Morgan fingerprint density at radius 1 is 1.16 bits per heavy atom. The molecule has 2 amide bonds. The van der Waals surface area contributed by atoms with Crippen molar-refractivity contribution in [2.75, 3.05) is 25.0 Å². The molecule has 1 aliphatic rings. The second-order valence-corrected chi connectivity index (χ2v) is 9.03. The van der Waals surface area contributed by atoms with Gasteiger partial charge in [-0.3, -0.25) is 14.3 Å². The van der Waals surface area contributed by atoms with Gasteiger partial charge in [0.1, 0.15) is 5.58 Å². The van der Waals surface area contributed by atoms with Crippen LogP contribution in [0.5, 0.6) is 5.75 Å². The van der Waals surface area contributed by atoms with Crippen LogP contribution in [0.3, 0.4) is 0 Å². The van der Waals surface area contributed by atoms with Crippen LogP contribution in [0.25, 0.3) is 11.0 Å². The molecule has 0 unspecified atom stereocenters. The smallest absolute Gasteiger partial charge is 0.289 e. The molecule has 0 aliphatic carbocycles. The number of nitrogens with one attached hydrogen (secondary N) is 1. The summed E-state index contributed by atoms with van der Waals surface area (Å²) in [6, 6.07) is 7.97. The zero-order valence-corrected chi connectivity index (χ0v) is 20.8. The van der Waals surface area contributed by atoms with Gasteiger partial charge < -0.3 is 19.4 Å². The Morgan fingerprint density at radius 3 is 2.61 bits per heavy atom. The number of hydrogen-bond donors (Lipinski definition) is 1. The lowest BCUT2D eigenvalue weighted by Crippen LogP contribution is -2.39. The summed E-state index contributed by atoms with van der Waals surface area (Å²) in [5, 5.41) is 7.66. The molecule has 1 aliphatic heterocycles. The van der Waals surface area contributed by atoms with Crippen molar-refractivity contribution < 1.29 is 31.9 Å². The fourth-order valence-corrected chi connectivity index (χ4v) is 4.67. The van der Waals surface area contributed by atoms with Crippen LogP contribution in [0.4, 0.5) is 18.9 Å². The van der Waals surface area contributed by atoms with E-state index in [0.29, 0.717) is 43.3 Å². The minimum absolute atomic E-state index is 0.0361. The number of ether oxygens (including phenoxy) is 1. The fraction of sp³-hybridized carbons (Fsp3) is 0.296. The largest absolute Gasteiger partial charge is 0.488 e. The highest BCUT2D eigenvalue weighted by molar-refractivity contribution is 6.04. The molecule has 0 saturated carbocycles. The molecular weight excluding hydrogens is 501 g/mol. The standard InChI is InChI=1S/C27H25F3N4O4/c1-3-37-25-22(29)19(12-20(28)23(25)30)26(35)32-16-13-31-34(14-16)17-8-10-33(11-9-17)27(36)24-15(2)18-6-4-5-7-21(18)38-24/h4-7,12-14,17H,3,8-11H2,1-2H3,(H,32,35). The number of aryl methyl sites for hydroxylation is 1. The zero-order chi connectivity index (χ0) is 27.0. The average Bonchev–Trinajstić information content (AvgIpc) is 3.53. The molecule has 1 N–H and O–H groups in total. The molecule has 0 radical (unpaired) electrons. The van der Waals surface area contributed by atoms with Crippen LogP contribution in [0.1, 0.15) is 52.3 Å². The van der Waals surface area contributed by atoms with Gasteiger partial charge in [0.15, 0.2) is 23.1 Å². The number of aromatic nitrogens is 2. The van der Waals surface area contributed by atoms with Gasteiger partial charge in [0.2, 0.25) is 5.82 Å². The van der Waals surface area contributed by atoms with E-state index in [2.05, 4.69) is 10.4 Å². The van der Waals surface area contributed by atoms with Crippen LogP contribution in [-0.2, 0) is 0 Å². The SMILES string of the molecule is CCOc1c(F)c(F)cc(C(=O)Nc2cnn(C3CCN(C(=O)c4oc5ccccc5c4C)CC3)c2)c1F. The normalized spacial score (nSPS) is 14.2. The molecule has 198 valence electrons. The summed E-state index contributed by atoms with van der Waals surface area (Å²) in [7, 11) is 0. The molecule has 5 rings (SSSR count). The predicted molar refractivity (Wildman–Crippen MR) is 133 cm³/mol. The third-order valence-corrected chi connectivity index (χ3v) is 6.67. The molecule has 2 aromatic heterocycles. The number of fused-ring (bicyclic) bond motifs is 1. The molecule has 1 fully saturated rings. The Kier molecular flexibility index (Phi) is 6.83. The van der Waals surface area contributed by atoms with E-state index >= 15 is 0 Å². The van der Waals surface area contributed by atoms with Crippen LogP contribution in [0.15, 0.2) is 47.1 Å². The summed E-state index contributed by atoms with van der Waals surface area (Å²) in [5.74, 6) is -5.90. The average molecular weight is 527 g/mol. The maximum atomic E-state index is 14.6. The number of carbonyl (C=O) groups excluding carboxylic acids is 2. The lowest BCUT2D eigenvalue weighted by Gasteiger charge is -2.31. The monoisotopic (exact) mass is 526 g/mol. The molecule has 38 heavy (non-hydrogen) atoms. The molecular formula is C27H25F3N4O4. The molecule has 3 heterocycles. The summed E-state index contributed by atoms with van der Waals surface area (Å²) in [6.45, 7) is 4.23. The lowest BCUT2D eigenvalue weighted by molar-refractivity contribution is 0.0659. The summed E-state index contributed by atoms with van der Waals surface area (Å²) in [4.78, 5) is 27.4. The van der Waals surface area contributed by atoms with Gasteiger partial charge in [-0.15, -0.1) is 0 Å². The minimum atomic E-state index is -1.49. The summed E-state index contributed by atoms with van der Waals surface area (Å²) in [5.41, 5.74) is 1.05. The Bertz CT molecular complexity index is 1520. The van der Waals surface area contributed by atoms with Crippen molar-refractivity contribution in [2.45, 2.75) is 32.7 Å². The van der Waals surface area contributed by atoms with Crippen LogP contribution in [-0.4, -0.2) is 46.2 Å². The molecule has 0 bridgehead atoms. The van der Waals surface area contributed by atoms with Crippen LogP contribution < -0.4 is 10.1 Å². The number of para-hydroxylation sites is 1. The zero-order valence-electron chi connectivity index (χ0n) is 20.8. The van der Waals surface area contributed by atoms with Crippen molar-refractivity contribution >= 4 is 28.5 Å². The van der Waals surface area contributed by atoms with E-state index in [1.54, 1.807) is 15.8 Å². The number of carbonyl (C=O) groups is 2. The highest BCUT2D eigenvalue weighted by Gasteiger charge is 2.29. The second-order valence-electron chi connectivity index (χ2n) is 9.03. The first-order valence-corrected chi connectivity index (χ1v) is 12.2. The van der Waals surface area contributed by atoms with Gasteiger partial charge in [-0.25, -0.2) is 8.78 Å². The van der Waals surface area contributed by atoms with Crippen LogP contribution in [0.2, 0.25) is 0 Å². The number of hydrogen-bond acceptors (Lipinski definition) is 5. The quantitative estimate of drug-likeness (QED) is 0.336. The number of furan rings is 1. The van der Waals surface area contributed by atoms with E-state index in [1.807, 2.05) is 31.2 Å². The summed E-state index contributed by atoms with van der Waals surface area (Å²) in [6.07, 6.45) is 4.20. The lowest BCUT2D eigenvalue weighted by atomic mass is 10.0. The first-order chi connectivity index (χ1) is 18.3. The van der Waals surface area contributed by atoms with Crippen molar-refractivity contribution in [3.8, 4) is 5.75 Å². The summed E-state index contributed by atoms with van der Waals surface area (Å²) >= 11 is 0. The number of rotatable bonds is 6. The van der Waals surface area contributed by atoms with E-state index in [0.717, 1.165) is 10.9 Å². The van der Waals surface area contributed by atoms with Crippen molar-refractivity contribution in [2.24, 2.45) is 0 Å². The Balaban J connectivity index is 1.23. The van der Waals surface area contributed by atoms with Crippen LogP contribution >= 0.6 is 0 Å². The molecule has 0 atom stereocenters. The van der Waals surface area contributed by atoms with Crippen molar-refractivity contribution in [3.63, 3.8) is 0 Å². The van der Waals surface area contributed by atoms with Gasteiger partial charge in [-0.05, 0) is 38.8 Å². The first-order valence-electron chi connectivity index (χ1n) is 12.2. The van der Waals surface area contributed by atoms with Gasteiger partial charge in [-0.1, -0.05) is 18.2 Å². The maximum Gasteiger partial charge on any atom is 0.289 e.